The quantitative estimate of drug-likeness (QED) is 0.319. The van der Waals surface area contributed by atoms with Crippen LogP contribution < -0.4 is 5.32 Å². The lowest BCUT2D eigenvalue weighted by atomic mass is 9.94. The molecule has 0 saturated carbocycles. The van der Waals surface area contributed by atoms with E-state index >= 15 is 0 Å². The maximum absolute atomic E-state index is 14.2. The summed E-state index contributed by atoms with van der Waals surface area (Å²) in [6, 6.07) is 28.3. The molecule has 0 bridgehead atoms. The highest BCUT2D eigenvalue weighted by molar-refractivity contribution is 9.10. The fourth-order valence-corrected chi connectivity index (χ4v) is 5.33. The third-order valence-electron chi connectivity index (χ3n) is 6.55. The highest BCUT2D eigenvalue weighted by atomic mass is 79.9. The van der Waals surface area contributed by atoms with E-state index in [1.54, 1.807) is 0 Å². The van der Waals surface area contributed by atoms with Gasteiger partial charge in [-0.2, -0.15) is 0 Å². The molecule has 35 heavy (non-hydrogen) atoms. The van der Waals surface area contributed by atoms with Crippen LogP contribution in [0.25, 0.3) is 22.3 Å². The summed E-state index contributed by atoms with van der Waals surface area (Å²) in [6.45, 7) is 1.94. The molecule has 5 nitrogen and oxygen atoms in total. The van der Waals surface area contributed by atoms with Gasteiger partial charge in [0.25, 0.3) is 5.91 Å². The second-order valence-corrected chi connectivity index (χ2v) is 9.72. The monoisotopic (exact) mass is 529 g/mol. The van der Waals surface area contributed by atoms with Crippen molar-refractivity contribution in [2.45, 2.75) is 19.1 Å². The molecule has 1 amide bonds. The third-order valence-corrected chi connectivity index (χ3v) is 7.04. The maximum Gasteiger partial charge on any atom is 0.271 e. The Hall–Kier alpha value is -3.19. The van der Waals surface area contributed by atoms with E-state index in [0.29, 0.717) is 17.9 Å². The lowest BCUT2D eigenvalue weighted by Gasteiger charge is -2.36. The van der Waals surface area contributed by atoms with Crippen LogP contribution in [0.4, 0.5) is 0 Å². The first-order valence-corrected chi connectivity index (χ1v) is 12.7. The van der Waals surface area contributed by atoms with Crippen LogP contribution in [0.1, 0.15) is 21.7 Å². The van der Waals surface area contributed by atoms with E-state index in [4.69, 9.17) is 0 Å². The Morgan fingerprint density at radius 1 is 0.943 bits per heavy atom. The molecule has 1 atom stereocenters. The molecule has 0 unspecified atom stereocenters. The Morgan fingerprint density at radius 3 is 2.37 bits per heavy atom. The predicted octanol–water partition coefficient (Wildman–Crippen LogP) is 5.26. The van der Waals surface area contributed by atoms with Crippen molar-refractivity contribution < 1.29 is 9.90 Å². The number of hydrogen-bond acceptors (Lipinski definition) is 3. The SMILES string of the molecule is O=C(c1[nH]c(CO)c(-c2cccc(Br)c2)c1-c1ccccc1)N1CCNC[C@H]1Cc1ccccc1. The number of nitrogens with one attached hydrogen (secondary N) is 2. The van der Waals surface area contributed by atoms with Crippen LogP contribution in [0.5, 0.6) is 0 Å². The second-order valence-electron chi connectivity index (χ2n) is 8.81. The molecular formula is C29H28BrN3O2. The van der Waals surface area contributed by atoms with Gasteiger partial charge in [0.05, 0.1) is 6.61 Å². The summed E-state index contributed by atoms with van der Waals surface area (Å²) < 4.78 is 0.942. The van der Waals surface area contributed by atoms with Crippen LogP contribution in [0, 0.1) is 0 Å². The molecule has 4 aromatic rings. The van der Waals surface area contributed by atoms with Crippen molar-refractivity contribution in [1.29, 1.82) is 0 Å². The molecule has 0 spiro atoms. The van der Waals surface area contributed by atoms with Crippen LogP contribution in [0.15, 0.2) is 89.4 Å². The van der Waals surface area contributed by atoms with Crippen LogP contribution in [-0.2, 0) is 13.0 Å². The van der Waals surface area contributed by atoms with Crippen molar-refractivity contribution >= 4 is 21.8 Å². The largest absolute Gasteiger partial charge is 0.390 e. The molecule has 1 aliphatic rings. The van der Waals surface area contributed by atoms with Gasteiger partial charge in [-0.15, -0.1) is 0 Å². The summed E-state index contributed by atoms with van der Waals surface area (Å²) in [6.07, 6.45) is 0.784. The molecule has 1 aliphatic heterocycles. The van der Waals surface area contributed by atoms with E-state index in [9.17, 15) is 9.90 Å². The number of aliphatic hydroxyl groups is 1. The number of nitrogens with zero attached hydrogens (tertiary/aromatic N) is 1. The van der Waals surface area contributed by atoms with Crippen molar-refractivity contribution in [3.8, 4) is 22.3 Å². The number of H-pyrrole nitrogens is 1. The van der Waals surface area contributed by atoms with E-state index in [0.717, 1.165) is 46.2 Å². The normalized spacial score (nSPS) is 15.8. The molecule has 0 aliphatic carbocycles. The Labute approximate surface area is 213 Å². The number of rotatable bonds is 6. The fraction of sp³-hybridized carbons (Fsp3) is 0.207. The van der Waals surface area contributed by atoms with Gasteiger partial charge in [0.2, 0.25) is 0 Å². The molecule has 5 rings (SSSR count). The Bertz CT molecular complexity index is 1300. The lowest BCUT2D eigenvalue weighted by Crippen LogP contribution is -2.54. The van der Waals surface area contributed by atoms with Crippen molar-refractivity contribution in [1.82, 2.24) is 15.2 Å². The fourth-order valence-electron chi connectivity index (χ4n) is 4.93. The molecule has 178 valence electrons. The summed E-state index contributed by atoms with van der Waals surface area (Å²) in [5, 5.41) is 13.7. The highest BCUT2D eigenvalue weighted by Crippen LogP contribution is 2.39. The van der Waals surface area contributed by atoms with E-state index in [1.807, 2.05) is 77.7 Å². The summed E-state index contributed by atoms with van der Waals surface area (Å²) in [4.78, 5) is 19.5. The maximum atomic E-state index is 14.2. The summed E-state index contributed by atoms with van der Waals surface area (Å²) in [7, 11) is 0. The van der Waals surface area contributed by atoms with Gasteiger partial charge >= 0.3 is 0 Å². The summed E-state index contributed by atoms with van der Waals surface area (Å²) in [5.74, 6) is -0.0396. The number of hydrogen-bond donors (Lipinski definition) is 3. The first-order chi connectivity index (χ1) is 17.2. The smallest absolute Gasteiger partial charge is 0.271 e. The van der Waals surface area contributed by atoms with Gasteiger partial charge in [0.15, 0.2) is 0 Å². The number of carbonyl (C=O) groups excluding carboxylic acids is 1. The Balaban J connectivity index is 1.61. The molecular weight excluding hydrogens is 502 g/mol. The van der Waals surface area contributed by atoms with Crippen LogP contribution in [-0.4, -0.2) is 46.6 Å². The highest BCUT2D eigenvalue weighted by Gasteiger charge is 2.32. The zero-order valence-corrected chi connectivity index (χ0v) is 21.0. The Kier molecular flexibility index (Phi) is 7.13. The van der Waals surface area contributed by atoms with E-state index in [1.165, 1.54) is 5.56 Å². The summed E-state index contributed by atoms with van der Waals surface area (Å²) >= 11 is 3.57. The van der Waals surface area contributed by atoms with Crippen LogP contribution in [0.2, 0.25) is 0 Å². The number of aromatic amines is 1. The van der Waals surface area contributed by atoms with Gasteiger partial charge in [-0.1, -0.05) is 88.7 Å². The zero-order chi connectivity index (χ0) is 24.2. The number of amides is 1. The third kappa shape index (κ3) is 4.96. The molecule has 1 fully saturated rings. The summed E-state index contributed by atoms with van der Waals surface area (Å²) in [5.41, 5.74) is 5.94. The Morgan fingerprint density at radius 2 is 1.66 bits per heavy atom. The van der Waals surface area contributed by atoms with Crippen molar-refractivity contribution in [3.05, 3.63) is 106 Å². The van der Waals surface area contributed by atoms with Crippen LogP contribution >= 0.6 is 15.9 Å². The minimum absolute atomic E-state index is 0.0393. The molecule has 1 saturated heterocycles. The number of aliphatic hydroxyl groups excluding tert-OH is 1. The van der Waals surface area contributed by atoms with Crippen molar-refractivity contribution in [2.24, 2.45) is 0 Å². The lowest BCUT2D eigenvalue weighted by molar-refractivity contribution is 0.0631. The first-order valence-electron chi connectivity index (χ1n) is 11.9. The van der Waals surface area contributed by atoms with Crippen LogP contribution in [0.3, 0.4) is 0 Å². The van der Waals surface area contributed by atoms with Gasteiger partial charge < -0.3 is 20.3 Å². The molecule has 1 aromatic heterocycles. The molecule has 0 radical (unpaired) electrons. The minimum Gasteiger partial charge on any atom is -0.390 e. The second kappa shape index (κ2) is 10.6. The van der Waals surface area contributed by atoms with Crippen molar-refractivity contribution in [2.75, 3.05) is 19.6 Å². The number of halogens is 1. The molecule has 6 heteroatoms. The van der Waals surface area contributed by atoms with Crippen molar-refractivity contribution in [3.63, 3.8) is 0 Å². The van der Waals surface area contributed by atoms with E-state index in [2.05, 4.69) is 38.4 Å². The number of piperazine rings is 1. The molecule has 3 aromatic carbocycles. The van der Waals surface area contributed by atoms with Gasteiger partial charge in [-0.25, -0.2) is 0 Å². The first kappa shape index (κ1) is 23.5. The average molecular weight is 530 g/mol. The number of carbonyl (C=O) groups is 1. The molecule has 2 heterocycles. The van der Waals surface area contributed by atoms with Gasteiger partial charge in [0.1, 0.15) is 5.69 Å². The standard InChI is InChI=1S/C29H28BrN3O2/c30-23-13-7-12-22(17-23)26-25(19-34)32-28(27(26)21-10-5-2-6-11-21)29(35)33-15-14-31-18-24(33)16-20-8-3-1-4-9-20/h1-13,17,24,31-32,34H,14-16,18-19H2/t24-/m1/s1. The van der Waals surface area contributed by atoms with Gasteiger partial charge in [-0.05, 0) is 35.2 Å². The minimum atomic E-state index is -0.191. The topological polar surface area (TPSA) is 68.4 Å². The zero-order valence-electron chi connectivity index (χ0n) is 19.4. The van der Waals surface area contributed by atoms with E-state index in [-0.39, 0.29) is 18.6 Å². The van der Waals surface area contributed by atoms with Gasteiger partial charge in [0, 0.05) is 47.0 Å². The van der Waals surface area contributed by atoms with Gasteiger partial charge in [-0.3, -0.25) is 4.79 Å². The molecule has 3 N–H and O–H groups in total. The van der Waals surface area contributed by atoms with E-state index < -0.39 is 0 Å². The number of benzene rings is 3. The predicted molar refractivity (Wildman–Crippen MR) is 143 cm³/mol. The number of aromatic nitrogens is 1. The average Bonchev–Trinajstić information content (AvgIpc) is 3.30.